The molecular weight excluding hydrogens is 429 g/mol. The summed E-state index contributed by atoms with van der Waals surface area (Å²) in [7, 11) is 0. The molecular formula is C19H12IN3O2. The van der Waals surface area contributed by atoms with Crippen LogP contribution in [0.1, 0.15) is 5.56 Å². The molecule has 2 aromatic heterocycles. The second-order valence-corrected chi connectivity index (χ2v) is 6.51. The van der Waals surface area contributed by atoms with Gasteiger partial charge in [0.1, 0.15) is 11.3 Å². The highest BCUT2D eigenvalue weighted by atomic mass is 127. The van der Waals surface area contributed by atoms with Crippen LogP contribution < -0.4 is 0 Å². The molecule has 0 radical (unpaired) electrons. The average Bonchev–Trinajstić information content (AvgIpc) is 3.07. The predicted octanol–water partition coefficient (Wildman–Crippen LogP) is 4.95. The van der Waals surface area contributed by atoms with Gasteiger partial charge in [0, 0.05) is 24.2 Å². The van der Waals surface area contributed by atoms with E-state index in [1.54, 1.807) is 18.6 Å². The van der Waals surface area contributed by atoms with Gasteiger partial charge < -0.3 is 9.52 Å². The first kappa shape index (κ1) is 15.8. The number of oxazole rings is 1. The number of phenolic OH excluding ortho intramolecular Hbond substituents is 1. The largest absolute Gasteiger partial charge is 0.506 e. The summed E-state index contributed by atoms with van der Waals surface area (Å²) in [6, 6.07) is 14.8. The predicted molar refractivity (Wildman–Crippen MR) is 105 cm³/mol. The van der Waals surface area contributed by atoms with Crippen LogP contribution in [0.25, 0.3) is 22.6 Å². The Hall–Kier alpha value is -2.74. The molecule has 25 heavy (non-hydrogen) atoms. The average molecular weight is 441 g/mol. The van der Waals surface area contributed by atoms with E-state index in [-0.39, 0.29) is 5.75 Å². The fourth-order valence-electron chi connectivity index (χ4n) is 2.39. The minimum absolute atomic E-state index is 0.230. The topological polar surface area (TPSA) is 71.5 Å². The molecule has 0 bridgehead atoms. The lowest BCUT2D eigenvalue weighted by atomic mass is 10.2. The summed E-state index contributed by atoms with van der Waals surface area (Å²) in [6.07, 6.45) is 5.06. The highest BCUT2D eigenvalue weighted by molar-refractivity contribution is 14.1. The first-order valence-electron chi connectivity index (χ1n) is 7.53. The third kappa shape index (κ3) is 3.25. The van der Waals surface area contributed by atoms with E-state index in [2.05, 4.69) is 37.6 Å². The van der Waals surface area contributed by atoms with Crippen molar-refractivity contribution in [1.82, 2.24) is 9.97 Å². The van der Waals surface area contributed by atoms with Crippen LogP contribution in [0.4, 0.5) is 5.69 Å². The van der Waals surface area contributed by atoms with Crippen molar-refractivity contribution in [2.75, 3.05) is 0 Å². The highest BCUT2D eigenvalue weighted by Gasteiger charge is 2.08. The van der Waals surface area contributed by atoms with Gasteiger partial charge >= 0.3 is 0 Å². The molecule has 0 aliphatic rings. The Morgan fingerprint density at radius 3 is 2.88 bits per heavy atom. The zero-order valence-corrected chi connectivity index (χ0v) is 15.1. The van der Waals surface area contributed by atoms with E-state index >= 15 is 0 Å². The number of pyridine rings is 1. The number of rotatable bonds is 3. The molecule has 0 saturated heterocycles. The molecule has 0 spiro atoms. The zero-order chi connectivity index (χ0) is 17.2. The molecule has 0 saturated carbocycles. The Morgan fingerprint density at radius 2 is 2.04 bits per heavy atom. The van der Waals surface area contributed by atoms with Gasteiger partial charge in [0.15, 0.2) is 5.58 Å². The summed E-state index contributed by atoms with van der Waals surface area (Å²) in [5, 5.41) is 10.0. The fraction of sp³-hybridized carbons (Fsp3) is 0. The lowest BCUT2D eigenvalue weighted by Crippen LogP contribution is -1.84. The second-order valence-electron chi connectivity index (χ2n) is 5.35. The van der Waals surface area contributed by atoms with Gasteiger partial charge in [0.25, 0.3) is 0 Å². The summed E-state index contributed by atoms with van der Waals surface area (Å²) in [5.74, 6) is 0.757. The van der Waals surface area contributed by atoms with Gasteiger partial charge in [-0.15, -0.1) is 0 Å². The van der Waals surface area contributed by atoms with Crippen molar-refractivity contribution in [3.8, 4) is 17.2 Å². The van der Waals surface area contributed by atoms with Crippen molar-refractivity contribution < 1.29 is 9.52 Å². The Kier molecular flexibility index (Phi) is 4.19. The number of hydrogen-bond donors (Lipinski definition) is 1. The van der Waals surface area contributed by atoms with Crippen molar-refractivity contribution in [1.29, 1.82) is 0 Å². The molecule has 5 nitrogen and oxygen atoms in total. The molecule has 122 valence electrons. The number of aromatic hydroxyl groups is 1. The van der Waals surface area contributed by atoms with Gasteiger partial charge in [-0.3, -0.25) is 9.98 Å². The van der Waals surface area contributed by atoms with Gasteiger partial charge in [0.05, 0.1) is 14.8 Å². The molecule has 0 amide bonds. The Labute approximate surface area is 157 Å². The van der Waals surface area contributed by atoms with Crippen molar-refractivity contribution in [3.63, 3.8) is 0 Å². The normalized spacial score (nSPS) is 11.4. The van der Waals surface area contributed by atoms with E-state index in [1.165, 1.54) is 0 Å². The number of aliphatic imine (C=N–C) groups is 1. The van der Waals surface area contributed by atoms with Crippen LogP contribution in [0.5, 0.6) is 5.75 Å². The van der Waals surface area contributed by atoms with E-state index in [4.69, 9.17) is 4.42 Å². The van der Waals surface area contributed by atoms with Crippen molar-refractivity contribution in [3.05, 3.63) is 70.1 Å². The molecule has 4 aromatic rings. The van der Waals surface area contributed by atoms with Gasteiger partial charge in [-0.05, 0) is 65.1 Å². The fourth-order valence-corrected chi connectivity index (χ4v) is 2.91. The van der Waals surface area contributed by atoms with Crippen LogP contribution in [0.3, 0.4) is 0 Å². The number of fused-ring (bicyclic) bond motifs is 1. The molecule has 1 N–H and O–H groups in total. The van der Waals surface area contributed by atoms with Gasteiger partial charge in [0.2, 0.25) is 5.89 Å². The number of benzene rings is 2. The third-order valence-electron chi connectivity index (χ3n) is 3.65. The minimum atomic E-state index is 0.230. The minimum Gasteiger partial charge on any atom is -0.506 e. The molecule has 0 atom stereocenters. The quantitative estimate of drug-likeness (QED) is 0.361. The van der Waals surface area contributed by atoms with Crippen LogP contribution >= 0.6 is 22.6 Å². The molecule has 6 heteroatoms. The maximum atomic E-state index is 10.0. The molecule has 4 rings (SSSR count). The van der Waals surface area contributed by atoms with Crippen LogP contribution in [0.15, 0.2) is 70.3 Å². The highest BCUT2D eigenvalue weighted by Crippen LogP contribution is 2.27. The lowest BCUT2D eigenvalue weighted by molar-refractivity contribution is 0.470. The van der Waals surface area contributed by atoms with Crippen LogP contribution in [-0.2, 0) is 0 Å². The van der Waals surface area contributed by atoms with Gasteiger partial charge in [-0.25, -0.2) is 4.98 Å². The summed E-state index contributed by atoms with van der Waals surface area (Å²) in [6.45, 7) is 0. The first-order valence-corrected chi connectivity index (χ1v) is 8.61. The zero-order valence-electron chi connectivity index (χ0n) is 12.9. The van der Waals surface area contributed by atoms with Crippen LogP contribution in [-0.4, -0.2) is 21.3 Å². The van der Waals surface area contributed by atoms with Crippen molar-refractivity contribution in [2.24, 2.45) is 4.99 Å². The SMILES string of the molecule is Oc1c(I)cccc1C=Nc1ccc2oc(-c3cccnc3)nc2c1. The van der Waals surface area contributed by atoms with Crippen LogP contribution in [0.2, 0.25) is 0 Å². The lowest BCUT2D eigenvalue weighted by Gasteiger charge is -2.00. The Balaban J connectivity index is 1.67. The number of halogens is 1. The number of aromatic nitrogens is 2. The smallest absolute Gasteiger partial charge is 0.228 e. The van der Waals surface area contributed by atoms with E-state index in [1.807, 2.05) is 48.5 Å². The summed E-state index contributed by atoms with van der Waals surface area (Å²) >= 11 is 2.08. The molecule has 2 aromatic carbocycles. The second kappa shape index (κ2) is 6.64. The number of nitrogens with zero attached hydrogens (tertiary/aromatic N) is 3. The number of hydrogen-bond acceptors (Lipinski definition) is 5. The summed E-state index contributed by atoms with van der Waals surface area (Å²) < 4.78 is 6.55. The van der Waals surface area contributed by atoms with Crippen molar-refractivity contribution >= 4 is 45.6 Å². The monoisotopic (exact) mass is 441 g/mol. The Bertz CT molecular complexity index is 1070. The molecule has 0 unspecified atom stereocenters. The molecule has 0 fully saturated rings. The van der Waals surface area contributed by atoms with Crippen LogP contribution in [0, 0.1) is 3.57 Å². The van der Waals surface area contributed by atoms with E-state index in [9.17, 15) is 5.11 Å². The van der Waals surface area contributed by atoms with E-state index in [0.29, 0.717) is 17.0 Å². The van der Waals surface area contributed by atoms with E-state index < -0.39 is 0 Å². The first-order chi connectivity index (χ1) is 12.2. The molecule has 2 heterocycles. The van der Waals surface area contributed by atoms with Crippen molar-refractivity contribution in [2.45, 2.75) is 0 Å². The summed E-state index contributed by atoms with van der Waals surface area (Å²) in [4.78, 5) is 13.0. The molecule has 0 aliphatic heterocycles. The van der Waals surface area contributed by atoms with Gasteiger partial charge in [-0.1, -0.05) is 6.07 Å². The van der Waals surface area contributed by atoms with E-state index in [0.717, 1.165) is 20.3 Å². The maximum Gasteiger partial charge on any atom is 0.228 e. The number of para-hydroxylation sites is 1. The standard InChI is InChI=1S/C19H12IN3O2/c20-15-5-1-3-12(18(15)24)11-22-14-6-7-17-16(9-14)23-19(25-17)13-4-2-8-21-10-13/h1-11,24H. The third-order valence-corrected chi connectivity index (χ3v) is 4.52. The summed E-state index contributed by atoms with van der Waals surface area (Å²) in [5.41, 5.74) is 3.64. The van der Waals surface area contributed by atoms with Gasteiger partial charge in [-0.2, -0.15) is 0 Å². The molecule has 0 aliphatic carbocycles. The number of phenols is 1. The Morgan fingerprint density at radius 1 is 1.12 bits per heavy atom. The maximum absolute atomic E-state index is 10.0.